The van der Waals surface area contributed by atoms with Gasteiger partial charge in [-0.15, -0.1) is 0 Å². The molecule has 1 amide bonds. The molecule has 0 spiro atoms. The van der Waals surface area contributed by atoms with Crippen LogP contribution in [0.15, 0.2) is 64.3 Å². The fourth-order valence-electron chi connectivity index (χ4n) is 2.43. The maximum atomic E-state index is 12.3. The minimum absolute atomic E-state index is 0.289. The minimum atomic E-state index is -0.746. The normalized spacial score (nSPS) is 10.9. The Morgan fingerprint density at radius 3 is 2.57 bits per heavy atom. The lowest BCUT2D eigenvalue weighted by Crippen LogP contribution is -2.19. The fourth-order valence-corrected chi connectivity index (χ4v) is 2.70. The van der Waals surface area contributed by atoms with Gasteiger partial charge in [0.25, 0.3) is 5.91 Å². The molecule has 1 N–H and O–H groups in total. The van der Waals surface area contributed by atoms with Crippen LogP contribution < -0.4 is 5.43 Å². The number of halogens is 1. The van der Waals surface area contributed by atoms with Crippen molar-refractivity contribution in [3.63, 3.8) is 0 Å². The van der Waals surface area contributed by atoms with E-state index in [2.05, 4.69) is 31.6 Å². The molecule has 0 atom stereocenters. The predicted molar refractivity (Wildman–Crippen MR) is 108 cm³/mol. The summed E-state index contributed by atoms with van der Waals surface area (Å²) in [5, 5.41) is 19.2. The number of nitro groups is 1. The summed E-state index contributed by atoms with van der Waals surface area (Å²) in [6.07, 6.45) is 2.70. The number of nitrogens with one attached hydrogen (secondary N) is 1. The summed E-state index contributed by atoms with van der Waals surface area (Å²) < 4.78 is 2.29. The van der Waals surface area contributed by atoms with Crippen LogP contribution in [0.4, 0.5) is 5.69 Å². The number of hydrazone groups is 1. The zero-order valence-electron chi connectivity index (χ0n) is 14.9. The van der Waals surface area contributed by atoms with Crippen molar-refractivity contribution in [3.05, 3.63) is 91.7 Å². The first kappa shape index (κ1) is 19.4. The predicted octanol–water partition coefficient (Wildman–Crippen LogP) is 3.67. The van der Waals surface area contributed by atoms with Crippen LogP contribution in [-0.4, -0.2) is 26.8 Å². The summed E-state index contributed by atoms with van der Waals surface area (Å²) in [6.45, 7) is 2.26. The molecule has 8 nitrogen and oxygen atoms in total. The van der Waals surface area contributed by atoms with Crippen LogP contribution in [0.25, 0.3) is 0 Å². The van der Waals surface area contributed by atoms with Gasteiger partial charge in [0.05, 0.1) is 17.7 Å². The Hall–Kier alpha value is -3.33. The van der Waals surface area contributed by atoms with E-state index in [0.29, 0.717) is 6.54 Å². The third-order valence-electron chi connectivity index (χ3n) is 3.87. The Bertz CT molecular complexity index is 1030. The summed E-state index contributed by atoms with van der Waals surface area (Å²) in [6, 6.07) is 15.0. The van der Waals surface area contributed by atoms with Crippen molar-refractivity contribution in [1.29, 1.82) is 0 Å². The van der Waals surface area contributed by atoms with Gasteiger partial charge in [-0.25, -0.2) is 5.43 Å². The standard InChI is InChI=1S/C19H16BrN5O3/c1-13-2-4-14(5-3-13)10-21-22-19(26)18-17(25(27)28)12-24(23-18)11-15-6-8-16(20)9-7-15/h2-10,12H,11H2,1H3,(H,22,26)/b21-10+. The lowest BCUT2D eigenvalue weighted by Gasteiger charge is -2.01. The minimum Gasteiger partial charge on any atom is -0.265 e. The van der Waals surface area contributed by atoms with Gasteiger partial charge in [0, 0.05) is 4.47 Å². The van der Waals surface area contributed by atoms with Crippen molar-refractivity contribution < 1.29 is 9.72 Å². The molecule has 1 aromatic heterocycles. The maximum Gasteiger partial charge on any atom is 0.320 e. The van der Waals surface area contributed by atoms with Gasteiger partial charge in [0.1, 0.15) is 6.20 Å². The molecule has 0 unspecified atom stereocenters. The summed E-state index contributed by atoms with van der Waals surface area (Å²) in [5.74, 6) is -0.746. The number of hydrogen-bond donors (Lipinski definition) is 1. The molecule has 28 heavy (non-hydrogen) atoms. The molecule has 9 heteroatoms. The van der Waals surface area contributed by atoms with Crippen LogP contribution in [0.3, 0.4) is 0 Å². The van der Waals surface area contributed by atoms with E-state index in [1.807, 2.05) is 55.5 Å². The molecule has 2 aromatic carbocycles. The zero-order chi connectivity index (χ0) is 20.1. The van der Waals surface area contributed by atoms with Gasteiger partial charge < -0.3 is 0 Å². The molecule has 0 saturated carbocycles. The Balaban J connectivity index is 1.74. The van der Waals surface area contributed by atoms with Gasteiger partial charge in [-0.05, 0) is 30.2 Å². The Morgan fingerprint density at radius 2 is 1.93 bits per heavy atom. The number of carbonyl (C=O) groups is 1. The topological polar surface area (TPSA) is 102 Å². The first-order chi connectivity index (χ1) is 13.4. The molecular formula is C19H16BrN5O3. The van der Waals surface area contributed by atoms with E-state index in [1.165, 1.54) is 17.1 Å². The Morgan fingerprint density at radius 1 is 1.25 bits per heavy atom. The molecule has 0 fully saturated rings. The smallest absolute Gasteiger partial charge is 0.265 e. The van der Waals surface area contributed by atoms with Gasteiger partial charge >= 0.3 is 5.69 Å². The Kier molecular flexibility index (Phi) is 5.95. The molecule has 0 aliphatic heterocycles. The summed E-state index contributed by atoms with van der Waals surface area (Å²) >= 11 is 3.35. The van der Waals surface area contributed by atoms with Gasteiger partial charge in [0.15, 0.2) is 0 Å². The molecule has 0 aliphatic carbocycles. The van der Waals surface area contributed by atoms with Crippen LogP contribution in [0.5, 0.6) is 0 Å². The van der Waals surface area contributed by atoms with Gasteiger partial charge in [-0.2, -0.15) is 10.2 Å². The molecule has 0 aliphatic rings. The number of aromatic nitrogens is 2. The first-order valence-electron chi connectivity index (χ1n) is 8.29. The number of aryl methyl sites for hydroxylation is 1. The number of hydrogen-bond acceptors (Lipinski definition) is 5. The number of amides is 1. The molecule has 1 heterocycles. The largest absolute Gasteiger partial charge is 0.320 e. The third kappa shape index (κ3) is 4.89. The highest BCUT2D eigenvalue weighted by molar-refractivity contribution is 9.10. The average molecular weight is 442 g/mol. The molecule has 0 bridgehead atoms. The van der Waals surface area contributed by atoms with Crippen molar-refractivity contribution in [2.24, 2.45) is 5.10 Å². The molecule has 142 valence electrons. The summed E-state index contributed by atoms with van der Waals surface area (Å²) in [7, 11) is 0. The quantitative estimate of drug-likeness (QED) is 0.358. The highest BCUT2D eigenvalue weighted by Crippen LogP contribution is 2.18. The van der Waals surface area contributed by atoms with E-state index in [-0.39, 0.29) is 11.4 Å². The first-order valence-corrected chi connectivity index (χ1v) is 9.08. The average Bonchev–Trinajstić information content (AvgIpc) is 3.09. The number of benzene rings is 2. The zero-order valence-corrected chi connectivity index (χ0v) is 16.5. The molecular weight excluding hydrogens is 426 g/mol. The van der Waals surface area contributed by atoms with Crippen molar-refractivity contribution in [2.75, 3.05) is 0 Å². The molecule has 0 radical (unpaired) electrons. The summed E-state index contributed by atoms with van der Waals surface area (Å²) in [4.78, 5) is 23.0. The van der Waals surface area contributed by atoms with Gasteiger partial charge in [0.2, 0.25) is 5.69 Å². The third-order valence-corrected chi connectivity index (χ3v) is 4.40. The van der Waals surface area contributed by atoms with E-state index in [4.69, 9.17) is 0 Å². The number of nitrogens with zero attached hydrogens (tertiary/aromatic N) is 4. The van der Waals surface area contributed by atoms with E-state index in [1.54, 1.807) is 0 Å². The number of rotatable bonds is 6. The SMILES string of the molecule is Cc1ccc(/C=N/NC(=O)c2nn(Cc3ccc(Br)cc3)cc2[N+](=O)[O-])cc1. The van der Waals surface area contributed by atoms with Crippen LogP contribution in [0, 0.1) is 17.0 Å². The fraction of sp³-hybridized carbons (Fsp3) is 0.105. The van der Waals surface area contributed by atoms with Crippen molar-refractivity contribution >= 4 is 33.7 Å². The van der Waals surface area contributed by atoms with Crippen molar-refractivity contribution in [1.82, 2.24) is 15.2 Å². The molecule has 3 rings (SSSR count). The maximum absolute atomic E-state index is 12.3. The lowest BCUT2D eigenvalue weighted by molar-refractivity contribution is -0.385. The van der Waals surface area contributed by atoms with Gasteiger partial charge in [-0.3, -0.25) is 19.6 Å². The second-order valence-electron chi connectivity index (χ2n) is 6.05. The van der Waals surface area contributed by atoms with Crippen molar-refractivity contribution in [2.45, 2.75) is 13.5 Å². The second-order valence-corrected chi connectivity index (χ2v) is 6.97. The van der Waals surface area contributed by atoms with Crippen molar-refractivity contribution in [3.8, 4) is 0 Å². The summed E-state index contributed by atoms with van der Waals surface area (Å²) in [5.41, 5.74) is 4.41. The van der Waals surface area contributed by atoms with E-state index < -0.39 is 10.8 Å². The highest BCUT2D eigenvalue weighted by atomic mass is 79.9. The van der Waals surface area contributed by atoms with Gasteiger partial charge in [-0.1, -0.05) is 57.9 Å². The van der Waals surface area contributed by atoms with E-state index in [0.717, 1.165) is 21.2 Å². The Labute approximate surface area is 169 Å². The van der Waals surface area contributed by atoms with Crippen LogP contribution >= 0.6 is 15.9 Å². The highest BCUT2D eigenvalue weighted by Gasteiger charge is 2.25. The number of carbonyl (C=O) groups excluding carboxylic acids is 1. The van der Waals surface area contributed by atoms with Crippen LogP contribution in [-0.2, 0) is 6.54 Å². The molecule has 3 aromatic rings. The van der Waals surface area contributed by atoms with Crippen LogP contribution in [0.2, 0.25) is 0 Å². The monoisotopic (exact) mass is 441 g/mol. The van der Waals surface area contributed by atoms with E-state index >= 15 is 0 Å². The van der Waals surface area contributed by atoms with E-state index in [9.17, 15) is 14.9 Å². The lowest BCUT2D eigenvalue weighted by atomic mass is 10.2. The molecule has 0 saturated heterocycles. The van der Waals surface area contributed by atoms with Crippen LogP contribution in [0.1, 0.15) is 27.2 Å². The second kappa shape index (κ2) is 8.57.